The predicted octanol–water partition coefficient (Wildman–Crippen LogP) is 12.7. The van der Waals surface area contributed by atoms with Crippen LogP contribution in [0.2, 0.25) is 0 Å². The van der Waals surface area contributed by atoms with Crippen molar-refractivity contribution in [3.63, 3.8) is 0 Å². The van der Waals surface area contributed by atoms with Gasteiger partial charge in [0.15, 0.2) is 6.10 Å². The van der Waals surface area contributed by atoms with Gasteiger partial charge in [-0.1, -0.05) is 170 Å². The molecule has 8 nitrogen and oxygen atoms in total. The van der Waals surface area contributed by atoms with Gasteiger partial charge in [-0.05, 0) is 83.5 Å². The molecule has 0 N–H and O–H groups in total. The molecule has 2 atom stereocenters. The summed E-state index contributed by atoms with van der Waals surface area (Å²) in [6.45, 7) is 4.49. The van der Waals surface area contributed by atoms with E-state index in [1.165, 1.54) is 51.4 Å². The van der Waals surface area contributed by atoms with Gasteiger partial charge in [0, 0.05) is 19.3 Å². The highest BCUT2D eigenvalue weighted by Crippen LogP contribution is 2.14. The largest absolute Gasteiger partial charge is 0.544 e. The molecular formula is C54H91NO7. The van der Waals surface area contributed by atoms with Gasteiger partial charge in [0.2, 0.25) is 0 Å². The SMILES string of the molecule is CC/C=C/C/C=C/C/C=C/C/C=C/C/C=C/CCCCCCCCCC(=O)OC(COCCC(C(=O)[O-])[N+](C)(C)C)COC(=O)CCCCCCCC/C=C/C=C/CCCCC. The van der Waals surface area contributed by atoms with Crippen LogP contribution >= 0.6 is 0 Å². The summed E-state index contributed by atoms with van der Waals surface area (Å²) in [6, 6.07) is -0.734. The fourth-order valence-corrected chi connectivity index (χ4v) is 6.73. The Morgan fingerprint density at radius 2 is 0.952 bits per heavy atom. The number of carboxylic acids is 1. The molecule has 62 heavy (non-hydrogen) atoms. The quantitative estimate of drug-likeness (QED) is 0.0198. The first-order valence-corrected chi connectivity index (χ1v) is 24.6. The fraction of sp³-hybridized carbons (Fsp3) is 0.685. The van der Waals surface area contributed by atoms with Crippen LogP contribution in [-0.4, -0.2) is 75.5 Å². The average Bonchev–Trinajstić information content (AvgIpc) is 3.23. The number of carbonyl (C=O) groups excluding carboxylic acids is 3. The van der Waals surface area contributed by atoms with Crippen LogP contribution in [-0.2, 0) is 28.6 Å². The first-order chi connectivity index (χ1) is 30.1. The van der Waals surface area contributed by atoms with E-state index in [9.17, 15) is 19.5 Å². The smallest absolute Gasteiger partial charge is 0.306 e. The summed E-state index contributed by atoms with van der Waals surface area (Å²) in [5, 5.41) is 11.7. The van der Waals surface area contributed by atoms with Gasteiger partial charge in [-0.15, -0.1) is 0 Å². The second-order valence-corrected chi connectivity index (χ2v) is 17.3. The number of likely N-dealkylation sites (N-methyl/N-ethyl adjacent to an activating group) is 1. The number of aliphatic carboxylic acids is 1. The zero-order valence-corrected chi connectivity index (χ0v) is 40.3. The van der Waals surface area contributed by atoms with Crippen molar-refractivity contribution in [3.05, 3.63) is 85.1 Å². The molecule has 0 aliphatic rings. The molecule has 0 radical (unpaired) electrons. The Bertz CT molecular complexity index is 1290. The molecule has 0 bridgehead atoms. The van der Waals surface area contributed by atoms with Crippen molar-refractivity contribution >= 4 is 17.9 Å². The number of ether oxygens (including phenoxy) is 3. The van der Waals surface area contributed by atoms with Crippen molar-refractivity contribution in [2.75, 3.05) is 41.0 Å². The molecule has 0 spiro atoms. The zero-order valence-electron chi connectivity index (χ0n) is 40.3. The van der Waals surface area contributed by atoms with E-state index in [4.69, 9.17) is 14.2 Å². The van der Waals surface area contributed by atoms with Gasteiger partial charge in [-0.2, -0.15) is 0 Å². The minimum Gasteiger partial charge on any atom is -0.544 e. The van der Waals surface area contributed by atoms with E-state index in [1.54, 1.807) is 21.1 Å². The lowest BCUT2D eigenvalue weighted by atomic mass is 10.1. The summed E-state index contributed by atoms with van der Waals surface area (Å²) >= 11 is 0. The summed E-state index contributed by atoms with van der Waals surface area (Å²) in [6.07, 6.45) is 57.5. The predicted molar refractivity (Wildman–Crippen MR) is 258 cm³/mol. The Morgan fingerprint density at radius 1 is 0.516 bits per heavy atom. The minimum atomic E-state index is -1.13. The highest BCUT2D eigenvalue weighted by molar-refractivity contribution is 5.70. The molecule has 0 heterocycles. The molecule has 2 unspecified atom stereocenters. The van der Waals surface area contributed by atoms with Gasteiger partial charge in [0.1, 0.15) is 12.6 Å². The van der Waals surface area contributed by atoms with Crippen molar-refractivity contribution in [1.29, 1.82) is 0 Å². The third-order valence-corrected chi connectivity index (χ3v) is 10.5. The molecule has 0 saturated heterocycles. The second kappa shape index (κ2) is 44.1. The van der Waals surface area contributed by atoms with Crippen molar-refractivity contribution in [3.8, 4) is 0 Å². The summed E-state index contributed by atoms with van der Waals surface area (Å²) in [7, 11) is 5.40. The fourth-order valence-electron chi connectivity index (χ4n) is 6.73. The van der Waals surface area contributed by atoms with Gasteiger partial charge >= 0.3 is 11.9 Å². The summed E-state index contributed by atoms with van der Waals surface area (Å²) < 4.78 is 17.2. The molecule has 354 valence electrons. The van der Waals surface area contributed by atoms with Crippen LogP contribution in [0.4, 0.5) is 0 Å². The Kier molecular flexibility index (Phi) is 41.6. The Hall–Kier alpha value is -3.49. The maximum Gasteiger partial charge on any atom is 0.306 e. The van der Waals surface area contributed by atoms with Crippen LogP contribution in [0.5, 0.6) is 0 Å². The van der Waals surface area contributed by atoms with E-state index in [-0.39, 0.29) is 42.7 Å². The summed E-state index contributed by atoms with van der Waals surface area (Å²) in [5.74, 6) is -1.77. The number of quaternary nitrogens is 1. The lowest BCUT2D eigenvalue weighted by Gasteiger charge is -2.34. The molecule has 0 fully saturated rings. The number of hydrogen-bond acceptors (Lipinski definition) is 7. The van der Waals surface area contributed by atoms with Crippen molar-refractivity contribution < 1.29 is 38.2 Å². The third-order valence-electron chi connectivity index (χ3n) is 10.5. The number of carboxylic acid groups (broad SMARTS) is 1. The van der Waals surface area contributed by atoms with Crippen LogP contribution in [0.3, 0.4) is 0 Å². The Morgan fingerprint density at radius 3 is 1.44 bits per heavy atom. The molecule has 0 aromatic carbocycles. The van der Waals surface area contributed by atoms with E-state index >= 15 is 0 Å². The molecule has 0 rings (SSSR count). The molecule has 8 heteroatoms. The standard InChI is InChI=1S/C54H91NO7/c1-6-8-10-12-14-16-18-20-22-23-24-25-26-27-28-29-31-33-35-37-39-41-43-45-53(57)62-50(48-60-47-46-51(54(58)59)55(3,4)5)49-61-52(56)44-42-40-38-36-34-32-30-21-19-17-15-13-11-9-7-2/h8,10,14-17,19-22,24-25,27-28,50-51H,6-7,9,11-13,18,23,26,29-49H2,1-5H3/b10-8+,16-14+,17-15+,21-19+,22-20+,25-24+,28-27+. The number of rotatable bonds is 43. The van der Waals surface area contributed by atoms with E-state index < -0.39 is 18.1 Å². The number of carbonyl (C=O) groups is 3. The van der Waals surface area contributed by atoms with Gasteiger partial charge < -0.3 is 28.6 Å². The summed E-state index contributed by atoms with van der Waals surface area (Å²) in [5.41, 5.74) is 0. The molecule has 0 amide bonds. The van der Waals surface area contributed by atoms with Crippen LogP contribution in [0.25, 0.3) is 0 Å². The monoisotopic (exact) mass is 866 g/mol. The number of hydrogen-bond donors (Lipinski definition) is 0. The van der Waals surface area contributed by atoms with Crippen LogP contribution in [0.1, 0.15) is 187 Å². The molecule has 0 aromatic rings. The highest BCUT2D eigenvalue weighted by Gasteiger charge is 2.25. The van der Waals surface area contributed by atoms with Crippen LogP contribution in [0, 0.1) is 0 Å². The van der Waals surface area contributed by atoms with Gasteiger partial charge in [0.25, 0.3) is 0 Å². The van der Waals surface area contributed by atoms with Crippen molar-refractivity contribution in [2.24, 2.45) is 0 Å². The minimum absolute atomic E-state index is 0.0278. The molecular weight excluding hydrogens is 775 g/mol. The summed E-state index contributed by atoms with van der Waals surface area (Å²) in [4.78, 5) is 37.0. The van der Waals surface area contributed by atoms with Crippen molar-refractivity contribution in [2.45, 2.75) is 199 Å². The Balaban J connectivity index is 4.32. The van der Waals surface area contributed by atoms with Crippen LogP contribution in [0.15, 0.2) is 85.1 Å². The normalized spacial score (nSPS) is 13.6. The number of esters is 2. The number of allylic oxidation sites excluding steroid dienone is 14. The third kappa shape index (κ3) is 41.8. The highest BCUT2D eigenvalue weighted by atomic mass is 16.6. The first kappa shape index (κ1) is 58.5. The average molecular weight is 866 g/mol. The maximum absolute atomic E-state index is 12.8. The maximum atomic E-state index is 12.8. The van der Waals surface area contributed by atoms with E-state index in [0.717, 1.165) is 103 Å². The van der Waals surface area contributed by atoms with Crippen molar-refractivity contribution in [1.82, 2.24) is 0 Å². The van der Waals surface area contributed by atoms with Gasteiger partial charge in [-0.3, -0.25) is 9.59 Å². The lowest BCUT2D eigenvalue weighted by molar-refractivity contribution is -0.889. The second-order valence-electron chi connectivity index (χ2n) is 17.3. The zero-order chi connectivity index (χ0) is 45.6. The Labute approximate surface area is 380 Å². The van der Waals surface area contributed by atoms with E-state index in [2.05, 4.69) is 98.9 Å². The molecule has 0 aromatic heterocycles. The molecule has 0 saturated carbocycles. The number of nitrogens with zero attached hydrogens (tertiary/aromatic N) is 1. The molecule has 0 aliphatic heterocycles. The van der Waals surface area contributed by atoms with Gasteiger partial charge in [0.05, 0.1) is 40.3 Å². The topological polar surface area (TPSA) is 102 Å². The first-order valence-electron chi connectivity index (χ1n) is 24.6. The van der Waals surface area contributed by atoms with Crippen LogP contribution < -0.4 is 5.11 Å². The molecule has 0 aliphatic carbocycles. The number of unbranched alkanes of at least 4 members (excludes halogenated alkanes) is 16. The lowest BCUT2D eigenvalue weighted by Crippen LogP contribution is -2.55. The van der Waals surface area contributed by atoms with E-state index in [1.807, 2.05) is 0 Å². The van der Waals surface area contributed by atoms with E-state index in [0.29, 0.717) is 12.8 Å². The van der Waals surface area contributed by atoms with Gasteiger partial charge in [-0.25, -0.2) is 0 Å².